The van der Waals surface area contributed by atoms with Gasteiger partial charge in [-0.3, -0.25) is 56.1 Å². The smallest absolute Gasteiger partial charge is 0.756 e. The van der Waals surface area contributed by atoms with E-state index in [0.717, 1.165) is 24.5 Å². The number of aromatic amines is 2. The number of aliphatic hydroxyl groups excluding tert-OH is 4. The van der Waals surface area contributed by atoms with Crippen LogP contribution in [0.2, 0.25) is 0 Å². The second kappa shape index (κ2) is 28.4. The van der Waals surface area contributed by atoms with Crippen molar-refractivity contribution < 1.29 is 295 Å². The van der Waals surface area contributed by atoms with E-state index in [4.69, 9.17) is 9.47 Å². The SMILES string of the molecule is O=c1ccn([C@@H]2O[C@H](COP(=O)([O-])OP(=O)([O-])OP(=O)([O-])OP(=O)([O-])OP(=O)([O-])OP(=O)([O-])OC[C@H]3O[C@@H](n4ccc(=O)[nH]c4=O)[C@H](O)[C@@H]3O)[C@@H](O)[C@H]2O)c(=O)[nH]1.[Na+].[Na+].[Na+].[Na+].[Na+].[Na+]. The number of phosphoric ester groups is 2. The summed E-state index contributed by atoms with van der Waals surface area (Å²) in [5.74, 6) is 0. The molecule has 2 aliphatic heterocycles. The molecule has 33 nitrogen and oxygen atoms in total. The van der Waals surface area contributed by atoms with Crippen molar-refractivity contribution in [1.29, 1.82) is 0 Å². The standard InChI is InChI=1S/C18H28N4O29P6.6Na/c23-9-1-3-21(17(29)19-9)15-13(27)11(25)7(45-15)5-43-52(31,32)47-54(35,36)49-56(39,40)51-57(41,42)50-55(37,38)48-53(33,34)44-6-8-12(26)14(28)16(46-8)22-4-2-10(24)20-18(22)30;;;;;;/h1-4,7-8,11-16,25-28H,5-6H2,(H,31,32)(H,33,34)(H,35,36)(H,37,38)(H,39,40)(H,41,42)(H,19,23,29)(H,20,24,30);;;;;;/q;6*+1/p-6/t7-,8-,11-,12-,13-,14-,15-,16-;;;;;;/m1....../s1. The molecule has 0 saturated carbocycles. The molecule has 2 saturated heterocycles. The number of nitrogens with zero attached hydrogens (tertiary/aromatic N) is 2. The Hall–Kier alpha value is 3.98. The topological polar surface area (TPSA) is 514 Å². The molecule has 14 atom stereocenters. The minimum atomic E-state index is -7.07. The molecule has 4 rings (SSSR count). The van der Waals surface area contributed by atoms with Crippen molar-refractivity contribution in [3.8, 4) is 0 Å². The monoisotopic (exact) mass is 1080 g/mol. The zero-order chi connectivity index (χ0) is 43.1. The quantitative estimate of drug-likeness (QED) is 0.0596. The van der Waals surface area contributed by atoms with Crippen LogP contribution in [-0.2, 0) is 67.5 Å². The first kappa shape index (κ1) is 71.2. The van der Waals surface area contributed by atoms with Crippen molar-refractivity contribution in [2.75, 3.05) is 13.2 Å². The molecule has 0 aliphatic carbocycles. The molecule has 2 aliphatic rings. The van der Waals surface area contributed by atoms with Crippen LogP contribution in [0.25, 0.3) is 0 Å². The Morgan fingerprint density at radius 1 is 0.492 bits per heavy atom. The van der Waals surface area contributed by atoms with Crippen molar-refractivity contribution in [2.24, 2.45) is 0 Å². The molecule has 4 heterocycles. The van der Waals surface area contributed by atoms with E-state index in [2.05, 4.69) is 30.6 Å². The van der Waals surface area contributed by atoms with E-state index < -0.39 is 132 Å². The molecule has 45 heteroatoms. The summed E-state index contributed by atoms with van der Waals surface area (Å²) >= 11 is 0. The number of aromatic nitrogens is 4. The Morgan fingerprint density at radius 2 is 0.746 bits per heavy atom. The van der Waals surface area contributed by atoms with Crippen molar-refractivity contribution in [1.82, 2.24) is 19.1 Å². The first-order valence-corrected chi connectivity index (χ1v) is 23.1. The van der Waals surface area contributed by atoms with Crippen molar-refractivity contribution in [3.05, 3.63) is 66.2 Å². The molecule has 0 spiro atoms. The van der Waals surface area contributed by atoms with Crippen molar-refractivity contribution >= 4 is 46.9 Å². The maximum atomic E-state index is 12.0. The molecule has 324 valence electrons. The van der Waals surface area contributed by atoms with Gasteiger partial charge in [0.25, 0.3) is 58.1 Å². The predicted molar refractivity (Wildman–Crippen MR) is 157 cm³/mol. The molecular weight excluding hydrogens is 1060 g/mol. The van der Waals surface area contributed by atoms with E-state index >= 15 is 0 Å². The predicted octanol–water partition coefficient (Wildman–Crippen LogP) is -25.7. The number of aliphatic hydroxyl groups is 4. The number of ether oxygens (including phenoxy) is 2. The Morgan fingerprint density at radius 3 is 1.00 bits per heavy atom. The number of phosphoric acid groups is 6. The number of hydrogen-bond donors (Lipinski definition) is 6. The van der Waals surface area contributed by atoms with Gasteiger partial charge in [-0.25, -0.2) is 31.1 Å². The van der Waals surface area contributed by atoms with Gasteiger partial charge < -0.3 is 68.3 Å². The maximum absolute atomic E-state index is 12.0. The zero-order valence-electron chi connectivity index (χ0n) is 32.9. The normalized spacial score (nSPS) is 28.6. The molecular formula is C18H22N4Na6O29P6. The summed E-state index contributed by atoms with van der Waals surface area (Å²) in [4.78, 5) is 122. The van der Waals surface area contributed by atoms with Crippen LogP contribution in [0.1, 0.15) is 12.5 Å². The average Bonchev–Trinajstić information content (AvgIpc) is 3.45. The van der Waals surface area contributed by atoms with Crippen LogP contribution in [-0.4, -0.2) is 89.4 Å². The summed E-state index contributed by atoms with van der Waals surface area (Å²) in [7, 11) is -40.7. The fourth-order valence-corrected chi connectivity index (χ4v) is 12.0. The summed E-state index contributed by atoms with van der Waals surface area (Å²) in [6.45, 7) is -2.88. The Kier molecular flexibility index (Phi) is 32.2. The van der Waals surface area contributed by atoms with E-state index in [1.54, 1.807) is 9.97 Å². The molecule has 0 bridgehead atoms. The Balaban J connectivity index is -0.00000600. The third-order valence-electron chi connectivity index (χ3n) is 6.72. The second-order valence-corrected chi connectivity index (χ2v) is 20.0. The molecule has 0 aromatic carbocycles. The molecule has 0 amide bonds. The minimum Gasteiger partial charge on any atom is -0.756 e. The molecule has 0 radical (unpaired) electrons. The fourth-order valence-electron chi connectivity index (χ4n) is 4.50. The van der Waals surface area contributed by atoms with E-state index in [9.17, 15) is 96.4 Å². The average molecular weight is 1080 g/mol. The largest absolute Gasteiger partial charge is 1.00 e. The van der Waals surface area contributed by atoms with E-state index in [1.807, 2.05) is 0 Å². The van der Waals surface area contributed by atoms with Crippen LogP contribution in [0.15, 0.2) is 43.7 Å². The van der Waals surface area contributed by atoms with Gasteiger partial charge in [-0.1, -0.05) is 0 Å². The summed E-state index contributed by atoms with van der Waals surface area (Å²) in [6, 6.07) is 1.58. The van der Waals surface area contributed by atoms with Gasteiger partial charge in [-0.2, -0.15) is 0 Å². The van der Waals surface area contributed by atoms with Gasteiger partial charge >= 0.3 is 189 Å². The summed E-state index contributed by atoms with van der Waals surface area (Å²) in [5.41, 5.74) is -4.10. The molecule has 2 aromatic heterocycles. The van der Waals surface area contributed by atoms with Crippen LogP contribution in [0.3, 0.4) is 0 Å². The van der Waals surface area contributed by atoms with Gasteiger partial charge in [-0.15, -0.1) is 0 Å². The number of hydrogen-bond acceptors (Lipinski definition) is 29. The summed E-state index contributed by atoms with van der Waals surface area (Å²) in [5, 5.41) is 40.5. The summed E-state index contributed by atoms with van der Waals surface area (Å²) < 4.78 is 108. The van der Waals surface area contributed by atoms with E-state index in [-0.39, 0.29) is 177 Å². The van der Waals surface area contributed by atoms with Gasteiger partial charge in [0, 0.05) is 24.5 Å². The molecule has 6 N–H and O–H groups in total. The first-order chi connectivity index (χ1) is 25.9. The van der Waals surface area contributed by atoms with Crippen LogP contribution < -0.4 is 229 Å². The van der Waals surface area contributed by atoms with Gasteiger partial charge in [0.2, 0.25) is 0 Å². The molecule has 2 fully saturated rings. The van der Waals surface area contributed by atoms with Gasteiger partial charge in [0.05, 0.1) is 13.2 Å². The summed E-state index contributed by atoms with van der Waals surface area (Å²) in [6.07, 6.45) is -14.0. The molecule has 6 unspecified atom stereocenters. The number of nitrogens with one attached hydrogen (secondary N) is 2. The minimum absolute atomic E-state index is 0. The molecule has 63 heavy (non-hydrogen) atoms. The number of rotatable bonds is 18. The van der Waals surface area contributed by atoms with Gasteiger partial charge in [0.15, 0.2) is 12.5 Å². The van der Waals surface area contributed by atoms with Crippen LogP contribution in [0, 0.1) is 0 Å². The fraction of sp³-hybridized carbons (Fsp3) is 0.556. The number of H-pyrrole nitrogens is 2. The molecule has 2 aromatic rings. The second-order valence-electron chi connectivity index (χ2n) is 10.8. The van der Waals surface area contributed by atoms with Gasteiger partial charge in [-0.05, 0) is 0 Å². The van der Waals surface area contributed by atoms with E-state index in [1.165, 1.54) is 0 Å². The van der Waals surface area contributed by atoms with E-state index in [0.29, 0.717) is 9.13 Å². The first-order valence-electron chi connectivity index (χ1n) is 14.3. The third-order valence-corrected chi connectivity index (χ3v) is 15.6. The van der Waals surface area contributed by atoms with Crippen molar-refractivity contribution in [3.63, 3.8) is 0 Å². The van der Waals surface area contributed by atoms with Crippen molar-refractivity contribution in [2.45, 2.75) is 49.1 Å². The van der Waals surface area contributed by atoms with Crippen LogP contribution >= 0.6 is 46.9 Å². The van der Waals surface area contributed by atoms with Crippen LogP contribution in [0.4, 0.5) is 0 Å². The van der Waals surface area contributed by atoms with Gasteiger partial charge in [0.1, 0.15) is 36.6 Å². The maximum Gasteiger partial charge on any atom is 1.00 e. The Bertz CT molecular complexity index is 2210. The third kappa shape index (κ3) is 21.5. The Labute approximate surface area is 482 Å². The zero-order valence-corrected chi connectivity index (χ0v) is 50.3. The van der Waals surface area contributed by atoms with Crippen LogP contribution in [0.5, 0.6) is 0 Å².